The molecule has 0 spiro atoms. The quantitative estimate of drug-likeness (QED) is 0.554. The Labute approximate surface area is 129 Å². The molecule has 0 saturated carbocycles. The predicted molar refractivity (Wildman–Crippen MR) is 90.0 cm³/mol. The highest BCUT2D eigenvalue weighted by atomic mass is 35.5. The van der Waals surface area contributed by atoms with Crippen molar-refractivity contribution in [2.75, 3.05) is 6.54 Å². The number of aliphatic imine (C=N–C) groups is 1. The van der Waals surface area contributed by atoms with E-state index in [0.717, 1.165) is 13.0 Å². The summed E-state index contributed by atoms with van der Waals surface area (Å²) in [7, 11) is 0. The molecule has 0 bridgehead atoms. The topological polar surface area (TPSA) is 38.4 Å². The van der Waals surface area contributed by atoms with Crippen LogP contribution >= 0.6 is 24.8 Å². The van der Waals surface area contributed by atoms with E-state index in [1.807, 2.05) is 24.4 Å². The van der Waals surface area contributed by atoms with Crippen LogP contribution in [0.3, 0.4) is 0 Å². The van der Waals surface area contributed by atoms with Crippen LogP contribution in [-0.4, -0.2) is 12.8 Å². The molecule has 1 rings (SSSR count). The average Bonchev–Trinajstić information content (AvgIpc) is 2.38. The summed E-state index contributed by atoms with van der Waals surface area (Å²) in [6.45, 7) is 3.17. The second-order valence-electron chi connectivity index (χ2n) is 4.40. The molecule has 0 saturated heterocycles. The third kappa shape index (κ3) is 9.94. The normalized spacial score (nSPS) is 11.7. The molecule has 0 fully saturated rings. The SMILES string of the molecule is CCCCCCN=CCC(N)c1ccccc1.Cl.Cl. The third-order valence-corrected chi connectivity index (χ3v) is 2.86. The summed E-state index contributed by atoms with van der Waals surface area (Å²) in [5.41, 5.74) is 7.25. The van der Waals surface area contributed by atoms with Crippen molar-refractivity contribution in [2.24, 2.45) is 10.7 Å². The van der Waals surface area contributed by atoms with Crippen LogP contribution in [0.4, 0.5) is 0 Å². The molecule has 1 aromatic rings. The Balaban J connectivity index is 0. The summed E-state index contributed by atoms with van der Waals surface area (Å²) >= 11 is 0. The number of rotatable bonds is 8. The Bertz CT molecular complexity index is 315. The second kappa shape index (κ2) is 13.9. The largest absolute Gasteiger partial charge is 0.324 e. The van der Waals surface area contributed by atoms with E-state index in [1.165, 1.54) is 31.2 Å². The maximum atomic E-state index is 6.07. The van der Waals surface area contributed by atoms with E-state index >= 15 is 0 Å². The van der Waals surface area contributed by atoms with E-state index in [0.29, 0.717) is 0 Å². The highest BCUT2D eigenvalue weighted by molar-refractivity contribution is 5.85. The van der Waals surface area contributed by atoms with E-state index in [4.69, 9.17) is 5.73 Å². The van der Waals surface area contributed by atoms with Crippen molar-refractivity contribution >= 4 is 31.0 Å². The highest BCUT2D eigenvalue weighted by Crippen LogP contribution is 2.11. The first-order valence-corrected chi connectivity index (χ1v) is 6.63. The number of halogens is 2. The smallest absolute Gasteiger partial charge is 0.0385 e. The second-order valence-corrected chi connectivity index (χ2v) is 4.40. The van der Waals surface area contributed by atoms with E-state index in [-0.39, 0.29) is 30.9 Å². The van der Waals surface area contributed by atoms with Gasteiger partial charge in [-0.25, -0.2) is 0 Å². The molecule has 2 nitrogen and oxygen atoms in total. The molecule has 4 heteroatoms. The fourth-order valence-electron chi connectivity index (χ4n) is 1.75. The van der Waals surface area contributed by atoms with Gasteiger partial charge in [-0.2, -0.15) is 0 Å². The van der Waals surface area contributed by atoms with Gasteiger partial charge in [-0.1, -0.05) is 56.5 Å². The summed E-state index contributed by atoms with van der Waals surface area (Å²) in [5, 5.41) is 0. The Morgan fingerprint density at radius 3 is 2.42 bits per heavy atom. The maximum Gasteiger partial charge on any atom is 0.0385 e. The van der Waals surface area contributed by atoms with Crippen molar-refractivity contribution < 1.29 is 0 Å². The van der Waals surface area contributed by atoms with Crippen LogP contribution in [0.1, 0.15) is 50.6 Å². The summed E-state index contributed by atoms with van der Waals surface area (Å²) in [4.78, 5) is 4.40. The third-order valence-electron chi connectivity index (χ3n) is 2.86. The van der Waals surface area contributed by atoms with Crippen molar-refractivity contribution in [1.82, 2.24) is 0 Å². The zero-order chi connectivity index (χ0) is 12.3. The number of hydrogen-bond donors (Lipinski definition) is 1. The minimum atomic E-state index is 0. The fourth-order valence-corrected chi connectivity index (χ4v) is 1.75. The molecule has 0 amide bonds. The fraction of sp³-hybridized carbons (Fsp3) is 0.533. The predicted octanol–water partition coefficient (Wildman–Crippen LogP) is 4.57. The monoisotopic (exact) mass is 304 g/mol. The van der Waals surface area contributed by atoms with Gasteiger partial charge in [0.05, 0.1) is 0 Å². The number of benzene rings is 1. The molecule has 1 atom stereocenters. The van der Waals surface area contributed by atoms with Crippen LogP contribution in [0.15, 0.2) is 35.3 Å². The zero-order valence-corrected chi connectivity index (χ0v) is 13.3. The maximum absolute atomic E-state index is 6.07. The van der Waals surface area contributed by atoms with Crippen molar-refractivity contribution in [3.8, 4) is 0 Å². The van der Waals surface area contributed by atoms with Gasteiger partial charge >= 0.3 is 0 Å². The molecule has 110 valence electrons. The summed E-state index contributed by atoms with van der Waals surface area (Å²) in [6.07, 6.45) is 7.90. The number of unbranched alkanes of at least 4 members (excludes halogenated alkanes) is 3. The van der Waals surface area contributed by atoms with Crippen molar-refractivity contribution in [1.29, 1.82) is 0 Å². The Hall–Kier alpha value is -0.570. The first-order valence-electron chi connectivity index (χ1n) is 6.63. The average molecular weight is 305 g/mol. The van der Waals surface area contributed by atoms with E-state index in [1.54, 1.807) is 0 Å². The van der Waals surface area contributed by atoms with Gasteiger partial charge in [0.1, 0.15) is 0 Å². The molecule has 0 aliphatic rings. The Morgan fingerprint density at radius 1 is 1.11 bits per heavy atom. The minimum absolute atomic E-state index is 0. The van der Waals surface area contributed by atoms with Gasteiger partial charge < -0.3 is 5.73 Å². The first kappa shape index (κ1) is 20.7. The van der Waals surface area contributed by atoms with Crippen LogP contribution in [-0.2, 0) is 0 Å². The minimum Gasteiger partial charge on any atom is -0.324 e. The summed E-state index contributed by atoms with van der Waals surface area (Å²) in [5.74, 6) is 0. The molecule has 1 unspecified atom stereocenters. The Morgan fingerprint density at radius 2 is 1.79 bits per heavy atom. The van der Waals surface area contributed by atoms with Crippen molar-refractivity contribution in [2.45, 2.75) is 45.1 Å². The zero-order valence-electron chi connectivity index (χ0n) is 11.6. The van der Waals surface area contributed by atoms with Crippen LogP contribution in [0.5, 0.6) is 0 Å². The molecule has 2 N–H and O–H groups in total. The van der Waals surface area contributed by atoms with Gasteiger partial charge in [0.25, 0.3) is 0 Å². The van der Waals surface area contributed by atoms with E-state index in [2.05, 4.69) is 24.0 Å². The number of nitrogens with two attached hydrogens (primary N) is 1. The van der Waals surface area contributed by atoms with E-state index in [9.17, 15) is 0 Å². The van der Waals surface area contributed by atoms with Crippen molar-refractivity contribution in [3.05, 3.63) is 35.9 Å². The lowest BCUT2D eigenvalue weighted by atomic mass is 10.1. The van der Waals surface area contributed by atoms with Gasteiger partial charge in [-0.05, 0) is 12.0 Å². The van der Waals surface area contributed by atoms with Crippen LogP contribution in [0, 0.1) is 0 Å². The summed E-state index contributed by atoms with van der Waals surface area (Å²) in [6, 6.07) is 10.3. The first-order chi connectivity index (χ1) is 8.34. The molecular formula is C15H26Cl2N2. The lowest BCUT2D eigenvalue weighted by Gasteiger charge is -2.08. The lowest BCUT2D eigenvalue weighted by molar-refractivity contribution is 0.674. The molecular weight excluding hydrogens is 279 g/mol. The van der Waals surface area contributed by atoms with Crippen molar-refractivity contribution in [3.63, 3.8) is 0 Å². The van der Waals surface area contributed by atoms with Gasteiger partial charge in [0.15, 0.2) is 0 Å². The molecule has 1 aromatic carbocycles. The number of hydrogen-bond acceptors (Lipinski definition) is 2. The van der Waals surface area contributed by atoms with Crippen LogP contribution in [0.2, 0.25) is 0 Å². The van der Waals surface area contributed by atoms with E-state index < -0.39 is 0 Å². The molecule has 0 heterocycles. The number of nitrogens with zero attached hydrogens (tertiary/aromatic N) is 1. The Kier molecular flexibility index (Phi) is 15.1. The molecule has 0 radical (unpaired) electrons. The molecule has 0 aromatic heterocycles. The van der Waals surface area contributed by atoms with Crippen LogP contribution < -0.4 is 5.73 Å². The standard InChI is InChI=1S/C15H24N2.2ClH/c1-2-3-4-8-12-17-13-11-15(16)14-9-6-5-7-10-14;;/h5-7,9-10,13,15H,2-4,8,11-12,16H2,1H3;2*1H. The lowest BCUT2D eigenvalue weighted by Crippen LogP contribution is -2.10. The summed E-state index contributed by atoms with van der Waals surface area (Å²) < 4.78 is 0. The van der Waals surface area contributed by atoms with Gasteiger partial charge in [-0.15, -0.1) is 24.8 Å². The van der Waals surface area contributed by atoms with Gasteiger partial charge in [-0.3, -0.25) is 4.99 Å². The molecule has 19 heavy (non-hydrogen) atoms. The van der Waals surface area contributed by atoms with Gasteiger partial charge in [0, 0.05) is 25.2 Å². The van der Waals surface area contributed by atoms with Gasteiger partial charge in [0.2, 0.25) is 0 Å². The van der Waals surface area contributed by atoms with Crippen LogP contribution in [0.25, 0.3) is 0 Å². The molecule has 0 aliphatic carbocycles. The highest BCUT2D eigenvalue weighted by Gasteiger charge is 2.01. The molecule has 0 aliphatic heterocycles.